The molecule has 0 fully saturated rings. The summed E-state index contributed by atoms with van der Waals surface area (Å²) in [6, 6.07) is 0. The van der Waals surface area contributed by atoms with E-state index in [0.29, 0.717) is 6.61 Å². The number of hydrogen-bond acceptors (Lipinski definition) is 5. The first-order valence-electron chi connectivity index (χ1n) is 9.90. The fraction of sp³-hybridized carbons (Fsp3) is 0.889. The van der Waals surface area contributed by atoms with Gasteiger partial charge in [-0.05, 0) is 0 Å². The van der Waals surface area contributed by atoms with Crippen molar-refractivity contribution in [1.82, 2.24) is 0 Å². The van der Waals surface area contributed by atoms with Crippen LogP contribution in [0.25, 0.3) is 0 Å². The summed E-state index contributed by atoms with van der Waals surface area (Å²) in [6.45, 7) is 6.03. The van der Waals surface area contributed by atoms with Crippen LogP contribution >= 0.6 is 0 Å². The molecule has 1 unspecified atom stereocenters. The molecule has 0 aromatic rings. The average molecular weight is 407 g/mol. The molecular weight excluding hydrogens is 367 g/mol. The third-order valence-electron chi connectivity index (χ3n) is 3.46. The van der Waals surface area contributed by atoms with E-state index in [4.69, 9.17) is 32.5 Å². The third-order valence-corrected chi connectivity index (χ3v) is 3.46. The van der Waals surface area contributed by atoms with E-state index in [0.717, 1.165) is 0 Å². The summed E-state index contributed by atoms with van der Waals surface area (Å²) < 4.78 is 36.4. The van der Waals surface area contributed by atoms with Gasteiger partial charge in [-0.1, -0.05) is 6.08 Å². The second-order valence-electron chi connectivity index (χ2n) is 6.29. The van der Waals surface area contributed by atoms with Crippen LogP contribution < -0.4 is 0 Å². The zero-order chi connectivity index (χ0) is 21.4. The molecule has 0 amide bonds. The van der Waals surface area contributed by atoms with Crippen LogP contribution in [0.2, 0.25) is 5.09 Å². The molecule has 0 rings (SSSR count). The van der Waals surface area contributed by atoms with Crippen molar-refractivity contribution >= 4 is 28.1 Å². The molecule has 0 radical (unpaired) electrons. The maximum absolute atomic E-state index is 8.74. The predicted molar refractivity (Wildman–Crippen MR) is 111 cm³/mol. The van der Waals surface area contributed by atoms with E-state index >= 15 is 0 Å². The number of unbranched alkanes of at least 4 members (excludes halogenated alkanes) is 9. The SMILES string of the molecule is C=CCOCC(O)CO.O=S(=O)(O)O.[Li][CH2]CCCCCCCCCCC. The average Bonchev–Trinajstić information content (AvgIpc) is 2.59. The van der Waals surface area contributed by atoms with Gasteiger partial charge < -0.3 is 14.9 Å². The molecule has 0 aromatic carbocycles. The van der Waals surface area contributed by atoms with Gasteiger partial charge in [0.15, 0.2) is 0 Å². The molecule has 0 aliphatic carbocycles. The standard InChI is InChI=1S/C12H25.C6H12O3.Li.H2O4S/c1-3-5-7-9-11-12-10-8-6-4-2;1-2-3-9-5-6(8)4-7;;1-5(2,3)4/h1,3-12H2,2H3;2,6-8H,1,3-5H2;;(H2,1,2,3,4). The molecule has 1 atom stereocenters. The van der Waals surface area contributed by atoms with E-state index in [1.165, 1.54) is 69.3 Å². The Hall–Kier alpha value is 0.0874. The van der Waals surface area contributed by atoms with Crippen molar-refractivity contribution in [2.24, 2.45) is 0 Å². The molecular formula is C18H39LiO7S. The Labute approximate surface area is 175 Å². The fourth-order valence-electron chi connectivity index (χ4n) is 2.08. The van der Waals surface area contributed by atoms with E-state index in [1.807, 2.05) is 0 Å². The van der Waals surface area contributed by atoms with Gasteiger partial charge in [0.25, 0.3) is 0 Å². The van der Waals surface area contributed by atoms with Crippen LogP contribution in [0.1, 0.15) is 71.1 Å². The molecule has 160 valence electrons. The minimum absolute atomic E-state index is 0.169. The Morgan fingerprint density at radius 2 is 1.41 bits per heavy atom. The van der Waals surface area contributed by atoms with Gasteiger partial charge in [0.1, 0.15) is 6.10 Å². The molecule has 27 heavy (non-hydrogen) atoms. The quantitative estimate of drug-likeness (QED) is 0.142. The minimum atomic E-state index is -4.67. The van der Waals surface area contributed by atoms with E-state index < -0.39 is 16.5 Å². The van der Waals surface area contributed by atoms with Crippen LogP contribution in [0.4, 0.5) is 0 Å². The summed E-state index contributed by atoms with van der Waals surface area (Å²) >= 11 is 2.28. The van der Waals surface area contributed by atoms with Crippen molar-refractivity contribution in [3.8, 4) is 0 Å². The normalized spacial score (nSPS) is 11.7. The number of hydrogen-bond donors (Lipinski definition) is 4. The van der Waals surface area contributed by atoms with Crippen LogP contribution in [-0.2, 0) is 15.1 Å². The Balaban J connectivity index is -0.000000356. The van der Waals surface area contributed by atoms with Crippen LogP contribution in [0.15, 0.2) is 12.7 Å². The second kappa shape index (κ2) is 26.1. The van der Waals surface area contributed by atoms with Gasteiger partial charge in [-0.2, -0.15) is 8.42 Å². The predicted octanol–water partition coefficient (Wildman–Crippen LogP) is 3.38. The molecule has 4 N–H and O–H groups in total. The Kier molecular flexibility index (Phi) is 30.7. The number of aliphatic hydroxyl groups excluding tert-OH is 2. The molecule has 0 aromatic heterocycles. The van der Waals surface area contributed by atoms with Crippen LogP contribution in [0.5, 0.6) is 0 Å². The molecule has 0 bridgehead atoms. The molecule has 7 nitrogen and oxygen atoms in total. The van der Waals surface area contributed by atoms with Gasteiger partial charge in [-0.3, -0.25) is 9.11 Å². The van der Waals surface area contributed by atoms with Gasteiger partial charge in [0, 0.05) is 0 Å². The van der Waals surface area contributed by atoms with Gasteiger partial charge in [0.05, 0.1) is 19.8 Å². The van der Waals surface area contributed by atoms with Gasteiger partial charge in [-0.15, -0.1) is 6.58 Å². The summed E-state index contributed by atoms with van der Waals surface area (Å²) in [5, 5.41) is 18.3. The van der Waals surface area contributed by atoms with Crippen LogP contribution in [0, 0.1) is 0 Å². The summed E-state index contributed by atoms with van der Waals surface area (Å²) in [7, 11) is -4.67. The summed E-state index contributed by atoms with van der Waals surface area (Å²) in [6.07, 6.45) is 15.4. The Morgan fingerprint density at radius 1 is 1.00 bits per heavy atom. The van der Waals surface area contributed by atoms with E-state index in [-0.39, 0.29) is 13.2 Å². The Bertz CT molecular complexity index is 360. The van der Waals surface area contributed by atoms with Crippen molar-refractivity contribution in [3.63, 3.8) is 0 Å². The zero-order valence-corrected chi connectivity index (χ0v) is 18.0. The van der Waals surface area contributed by atoms with Gasteiger partial charge in [-0.25, -0.2) is 0 Å². The molecule has 0 saturated carbocycles. The second-order valence-corrected chi connectivity index (χ2v) is 7.19. The summed E-state index contributed by atoms with van der Waals surface area (Å²) in [4.78, 5) is 0. The molecule has 0 aliphatic heterocycles. The van der Waals surface area contributed by atoms with E-state index in [9.17, 15) is 0 Å². The van der Waals surface area contributed by atoms with Crippen molar-refractivity contribution in [2.45, 2.75) is 82.3 Å². The first-order chi connectivity index (χ1) is 12.7. The van der Waals surface area contributed by atoms with Crippen LogP contribution in [0.3, 0.4) is 0 Å². The number of ether oxygens (including phenoxy) is 1. The van der Waals surface area contributed by atoms with E-state index in [2.05, 4.69) is 31.2 Å². The maximum atomic E-state index is 8.74. The van der Waals surface area contributed by atoms with Gasteiger partial charge >= 0.3 is 104 Å². The van der Waals surface area contributed by atoms with Crippen molar-refractivity contribution < 1.29 is 32.5 Å². The van der Waals surface area contributed by atoms with Crippen molar-refractivity contribution in [3.05, 3.63) is 12.7 Å². The molecule has 9 heteroatoms. The van der Waals surface area contributed by atoms with Crippen molar-refractivity contribution in [1.29, 1.82) is 0 Å². The Morgan fingerprint density at radius 3 is 1.74 bits per heavy atom. The topological polar surface area (TPSA) is 124 Å². The summed E-state index contributed by atoms with van der Waals surface area (Å²) in [5.41, 5.74) is 0. The van der Waals surface area contributed by atoms with Crippen molar-refractivity contribution in [2.75, 3.05) is 19.8 Å². The fourth-order valence-corrected chi connectivity index (χ4v) is 2.08. The number of aliphatic hydroxyl groups is 2. The monoisotopic (exact) mass is 406 g/mol. The molecule has 0 heterocycles. The van der Waals surface area contributed by atoms with E-state index in [1.54, 1.807) is 6.08 Å². The van der Waals surface area contributed by atoms with Gasteiger partial charge in [0.2, 0.25) is 0 Å². The first-order valence-corrected chi connectivity index (χ1v) is 11.3. The molecule has 0 saturated heterocycles. The molecule has 0 spiro atoms. The van der Waals surface area contributed by atoms with Crippen LogP contribution in [-0.4, -0.2) is 71.4 Å². The summed E-state index contributed by atoms with van der Waals surface area (Å²) in [5.74, 6) is 0. The number of rotatable bonds is 15. The third kappa shape index (κ3) is 51.8. The zero-order valence-electron chi connectivity index (χ0n) is 17.2. The molecule has 0 aliphatic rings. The first kappa shape index (κ1) is 31.8.